The Morgan fingerprint density at radius 1 is 1.38 bits per heavy atom. The second-order valence-corrected chi connectivity index (χ2v) is 7.53. The van der Waals surface area contributed by atoms with Crippen LogP contribution in [0.15, 0.2) is 23.0 Å². The molecular formula is C20H24FN3O2. The lowest BCUT2D eigenvalue weighted by atomic mass is 9.77. The van der Waals surface area contributed by atoms with Crippen LogP contribution >= 0.6 is 0 Å². The zero-order valence-corrected chi connectivity index (χ0v) is 15.3. The molecule has 0 saturated carbocycles. The maximum absolute atomic E-state index is 14.3. The summed E-state index contributed by atoms with van der Waals surface area (Å²) in [7, 11) is 1.54. The number of aromatic nitrogens is 2. The number of likely N-dealkylation sites (tertiary alicyclic amines) is 1. The van der Waals surface area contributed by atoms with E-state index in [0.29, 0.717) is 23.7 Å². The summed E-state index contributed by atoms with van der Waals surface area (Å²) < 4.78 is 19.4. The molecular weight excluding hydrogens is 333 g/mol. The van der Waals surface area contributed by atoms with Gasteiger partial charge >= 0.3 is 0 Å². The molecule has 1 fully saturated rings. The highest BCUT2D eigenvalue weighted by Crippen LogP contribution is 2.43. The molecule has 26 heavy (non-hydrogen) atoms. The molecule has 6 heteroatoms. The van der Waals surface area contributed by atoms with Crippen LogP contribution in [0.5, 0.6) is 5.75 Å². The number of aromatic amines is 1. The molecule has 1 atom stereocenters. The van der Waals surface area contributed by atoms with Crippen molar-refractivity contribution in [3.8, 4) is 5.75 Å². The van der Waals surface area contributed by atoms with E-state index in [1.54, 1.807) is 12.1 Å². The van der Waals surface area contributed by atoms with Crippen LogP contribution in [-0.2, 0) is 18.4 Å². The third-order valence-corrected chi connectivity index (χ3v) is 5.80. The van der Waals surface area contributed by atoms with Gasteiger partial charge in [-0.25, -0.2) is 9.37 Å². The Bertz CT molecular complexity index is 895. The molecule has 0 bridgehead atoms. The third-order valence-electron chi connectivity index (χ3n) is 5.80. The fourth-order valence-electron chi connectivity index (χ4n) is 4.55. The molecule has 0 radical (unpaired) electrons. The summed E-state index contributed by atoms with van der Waals surface area (Å²) in [5.74, 6) is 0.972. The highest BCUT2D eigenvalue weighted by atomic mass is 19.1. The summed E-state index contributed by atoms with van der Waals surface area (Å²) in [6.07, 6.45) is 3.80. The van der Waals surface area contributed by atoms with Crippen molar-refractivity contribution in [1.82, 2.24) is 14.9 Å². The Labute approximate surface area is 152 Å². The van der Waals surface area contributed by atoms with Gasteiger partial charge in [-0.3, -0.25) is 9.69 Å². The van der Waals surface area contributed by atoms with Crippen molar-refractivity contribution in [3.05, 3.63) is 57.0 Å². The fourth-order valence-corrected chi connectivity index (χ4v) is 4.55. The van der Waals surface area contributed by atoms with Gasteiger partial charge in [-0.2, -0.15) is 0 Å². The Morgan fingerprint density at radius 2 is 2.23 bits per heavy atom. The van der Waals surface area contributed by atoms with Gasteiger partial charge < -0.3 is 9.72 Å². The second-order valence-electron chi connectivity index (χ2n) is 7.53. The first-order chi connectivity index (χ1) is 12.5. The molecule has 2 heterocycles. The second kappa shape index (κ2) is 6.50. The minimum Gasteiger partial charge on any atom is -0.497 e. The lowest BCUT2D eigenvalue weighted by Crippen LogP contribution is -2.45. The number of benzene rings is 1. The lowest BCUT2D eigenvalue weighted by molar-refractivity contribution is 0.135. The van der Waals surface area contributed by atoms with Crippen LogP contribution in [-0.4, -0.2) is 35.1 Å². The molecule has 5 nitrogen and oxygen atoms in total. The molecule has 1 aromatic carbocycles. The predicted octanol–water partition coefficient (Wildman–Crippen LogP) is 2.71. The number of hydrogen-bond acceptors (Lipinski definition) is 4. The van der Waals surface area contributed by atoms with Crippen LogP contribution in [0.2, 0.25) is 0 Å². The van der Waals surface area contributed by atoms with Crippen LogP contribution in [0, 0.1) is 12.7 Å². The van der Waals surface area contributed by atoms with Gasteiger partial charge in [0.2, 0.25) is 0 Å². The number of ether oxygens (including phenoxy) is 1. The number of methoxy groups -OCH3 is 1. The summed E-state index contributed by atoms with van der Waals surface area (Å²) >= 11 is 0. The Morgan fingerprint density at radius 3 is 3.00 bits per heavy atom. The largest absolute Gasteiger partial charge is 0.497 e. The van der Waals surface area contributed by atoms with E-state index in [9.17, 15) is 9.18 Å². The monoisotopic (exact) mass is 357 g/mol. The molecule has 0 amide bonds. The first-order valence-electron chi connectivity index (χ1n) is 9.16. The lowest BCUT2D eigenvalue weighted by Gasteiger charge is -2.40. The molecule has 1 aliphatic heterocycles. The number of nitrogens with zero attached hydrogens (tertiary/aromatic N) is 2. The maximum Gasteiger partial charge on any atom is 0.254 e. The van der Waals surface area contributed by atoms with Crippen LogP contribution in [0.4, 0.5) is 4.39 Å². The quantitative estimate of drug-likeness (QED) is 0.918. The van der Waals surface area contributed by atoms with Crippen LogP contribution < -0.4 is 10.3 Å². The van der Waals surface area contributed by atoms with E-state index < -0.39 is 0 Å². The van der Waals surface area contributed by atoms with Crippen molar-refractivity contribution in [1.29, 1.82) is 0 Å². The Hall–Kier alpha value is -2.21. The average Bonchev–Trinajstić information content (AvgIpc) is 2.95. The van der Waals surface area contributed by atoms with Gasteiger partial charge in [-0.15, -0.1) is 0 Å². The van der Waals surface area contributed by atoms with Crippen LogP contribution in [0.25, 0.3) is 0 Å². The van der Waals surface area contributed by atoms with Gasteiger partial charge in [-0.05, 0) is 45.2 Å². The first-order valence-corrected chi connectivity index (χ1v) is 9.16. The highest BCUT2D eigenvalue weighted by Gasteiger charge is 2.44. The Balaban J connectivity index is 1.59. The zero-order valence-electron chi connectivity index (χ0n) is 15.3. The summed E-state index contributed by atoms with van der Waals surface area (Å²) in [5.41, 5.74) is 2.42. The molecule has 1 saturated heterocycles. The molecule has 1 N–H and O–H groups in total. The molecule has 1 spiro atoms. The maximum atomic E-state index is 14.3. The van der Waals surface area contributed by atoms with Gasteiger partial charge in [0.05, 0.1) is 12.8 Å². The zero-order chi connectivity index (χ0) is 18.3. The SMILES string of the molecule is COc1ccc(CN2CCCC3(CCc4c3nc(C)[nH]c4=O)C2)c(F)c1. The average molecular weight is 357 g/mol. The summed E-state index contributed by atoms with van der Waals surface area (Å²) in [6, 6.07) is 5.03. The summed E-state index contributed by atoms with van der Waals surface area (Å²) in [6.45, 7) is 4.15. The molecule has 1 aliphatic carbocycles. The van der Waals surface area contributed by atoms with E-state index in [4.69, 9.17) is 9.72 Å². The smallest absolute Gasteiger partial charge is 0.254 e. The van der Waals surface area contributed by atoms with E-state index >= 15 is 0 Å². The van der Waals surface area contributed by atoms with E-state index in [0.717, 1.165) is 50.0 Å². The number of piperidine rings is 1. The van der Waals surface area contributed by atoms with Gasteiger partial charge in [-0.1, -0.05) is 6.07 Å². The number of rotatable bonds is 3. The topological polar surface area (TPSA) is 58.2 Å². The van der Waals surface area contributed by atoms with E-state index in [1.165, 1.54) is 13.2 Å². The van der Waals surface area contributed by atoms with Crippen LogP contribution in [0.3, 0.4) is 0 Å². The van der Waals surface area contributed by atoms with Gasteiger partial charge in [0.15, 0.2) is 0 Å². The molecule has 1 aromatic heterocycles. The molecule has 4 rings (SSSR count). The number of hydrogen-bond donors (Lipinski definition) is 1. The van der Waals surface area contributed by atoms with Gasteiger partial charge in [0.25, 0.3) is 5.56 Å². The number of nitrogens with one attached hydrogen (secondary N) is 1. The van der Waals surface area contributed by atoms with Crippen molar-refractivity contribution in [2.45, 2.75) is 44.6 Å². The standard InChI is InChI=1S/C20H24FN3O2/c1-13-22-18-16(19(25)23-13)6-8-20(18)7-3-9-24(12-20)11-14-4-5-15(26-2)10-17(14)21/h4-5,10H,3,6-9,11-12H2,1-2H3,(H,22,23,25). The van der Waals surface area contributed by atoms with Crippen molar-refractivity contribution in [2.24, 2.45) is 0 Å². The summed E-state index contributed by atoms with van der Waals surface area (Å²) in [5, 5.41) is 0. The highest BCUT2D eigenvalue weighted by molar-refractivity contribution is 5.34. The number of halogens is 1. The first kappa shape index (κ1) is 17.2. The Kier molecular flexibility index (Phi) is 4.31. The van der Waals surface area contributed by atoms with Crippen molar-refractivity contribution < 1.29 is 9.13 Å². The van der Waals surface area contributed by atoms with E-state index in [1.807, 2.05) is 6.92 Å². The number of aryl methyl sites for hydroxylation is 1. The third kappa shape index (κ3) is 2.92. The van der Waals surface area contributed by atoms with E-state index in [-0.39, 0.29) is 16.8 Å². The predicted molar refractivity (Wildman–Crippen MR) is 97.1 cm³/mol. The number of fused-ring (bicyclic) bond motifs is 2. The van der Waals surface area contributed by atoms with Crippen molar-refractivity contribution in [3.63, 3.8) is 0 Å². The molecule has 1 unspecified atom stereocenters. The fraction of sp³-hybridized carbons (Fsp3) is 0.500. The van der Waals surface area contributed by atoms with Crippen molar-refractivity contribution in [2.75, 3.05) is 20.2 Å². The van der Waals surface area contributed by atoms with Crippen molar-refractivity contribution >= 4 is 0 Å². The van der Waals surface area contributed by atoms with Crippen LogP contribution in [0.1, 0.15) is 41.9 Å². The van der Waals surface area contributed by atoms with Gasteiger partial charge in [0.1, 0.15) is 17.4 Å². The normalized spacial score (nSPS) is 22.6. The number of H-pyrrole nitrogens is 1. The molecule has 2 aliphatic rings. The molecule has 138 valence electrons. The van der Waals surface area contributed by atoms with Gasteiger partial charge in [0, 0.05) is 35.7 Å². The molecule has 2 aromatic rings. The summed E-state index contributed by atoms with van der Waals surface area (Å²) in [4.78, 5) is 22.1. The minimum atomic E-state index is -0.235. The van der Waals surface area contributed by atoms with E-state index in [2.05, 4.69) is 9.88 Å². The minimum absolute atomic E-state index is 0.00250.